The van der Waals surface area contributed by atoms with E-state index >= 15 is 0 Å². The number of rotatable bonds is 7. The molecule has 0 fully saturated rings. The molecule has 0 radical (unpaired) electrons. The van der Waals surface area contributed by atoms with Crippen molar-refractivity contribution in [2.45, 2.75) is 12.7 Å². The third-order valence-electron chi connectivity index (χ3n) is 2.86. The summed E-state index contributed by atoms with van der Waals surface area (Å²) in [5.41, 5.74) is 1.99. The van der Waals surface area contributed by atoms with Gasteiger partial charge in [0.05, 0.1) is 19.3 Å². The van der Waals surface area contributed by atoms with Crippen LogP contribution >= 0.6 is 27.5 Å². The summed E-state index contributed by atoms with van der Waals surface area (Å²) < 4.78 is 6.49. The number of hydrogen-bond acceptors (Lipinski definition) is 3. The van der Waals surface area contributed by atoms with E-state index in [1.165, 1.54) is 0 Å². The van der Waals surface area contributed by atoms with Gasteiger partial charge in [-0.1, -0.05) is 45.7 Å². The van der Waals surface area contributed by atoms with E-state index in [4.69, 9.17) is 16.3 Å². The molecule has 2 rings (SSSR count). The molecule has 0 aliphatic carbocycles. The van der Waals surface area contributed by atoms with E-state index in [9.17, 15) is 5.11 Å². The van der Waals surface area contributed by atoms with Crippen molar-refractivity contribution in [2.75, 3.05) is 18.5 Å². The van der Waals surface area contributed by atoms with Crippen LogP contribution in [0.15, 0.2) is 53.0 Å². The summed E-state index contributed by atoms with van der Waals surface area (Å²) in [4.78, 5) is 0. The number of aliphatic hydroxyl groups is 1. The van der Waals surface area contributed by atoms with Crippen LogP contribution in [0.2, 0.25) is 5.02 Å². The van der Waals surface area contributed by atoms with Crippen molar-refractivity contribution >= 4 is 33.2 Å². The molecule has 0 bridgehead atoms. The summed E-state index contributed by atoms with van der Waals surface area (Å²) in [7, 11) is 0. The summed E-state index contributed by atoms with van der Waals surface area (Å²) >= 11 is 9.22. The van der Waals surface area contributed by atoms with Crippen molar-refractivity contribution in [1.29, 1.82) is 0 Å². The first-order valence-electron chi connectivity index (χ1n) is 6.63. The van der Waals surface area contributed by atoms with Crippen molar-refractivity contribution in [3.63, 3.8) is 0 Å². The second-order valence-corrected chi connectivity index (χ2v) is 6.04. The molecule has 5 heteroatoms. The lowest BCUT2D eigenvalue weighted by molar-refractivity contribution is 0.0348. The quantitative estimate of drug-likeness (QED) is 0.771. The zero-order chi connectivity index (χ0) is 15.1. The Morgan fingerprint density at radius 3 is 2.67 bits per heavy atom. The molecule has 112 valence electrons. The molecule has 0 aliphatic rings. The number of halogens is 2. The van der Waals surface area contributed by atoms with E-state index in [2.05, 4.69) is 21.2 Å². The number of benzene rings is 2. The molecule has 0 saturated heterocycles. The zero-order valence-electron chi connectivity index (χ0n) is 11.4. The van der Waals surface area contributed by atoms with Gasteiger partial charge < -0.3 is 15.2 Å². The molecule has 0 amide bonds. The Hall–Kier alpha value is -1.07. The van der Waals surface area contributed by atoms with E-state index in [-0.39, 0.29) is 6.61 Å². The first-order valence-corrected chi connectivity index (χ1v) is 7.80. The molecule has 0 saturated carbocycles. The van der Waals surface area contributed by atoms with Gasteiger partial charge in [-0.15, -0.1) is 0 Å². The molecule has 0 heterocycles. The first-order chi connectivity index (χ1) is 10.1. The van der Waals surface area contributed by atoms with Gasteiger partial charge in [0.25, 0.3) is 0 Å². The van der Waals surface area contributed by atoms with E-state index in [0.29, 0.717) is 18.2 Å². The van der Waals surface area contributed by atoms with Crippen LogP contribution in [0.25, 0.3) is 0 Å². The molecular formula is C16H17BrClNO2. The van der Waals surface area contributed by atoms with Gasteiger partial charge in [-0.25, -0.2) is 0 Å². The number of nitrogens with one attached hydrogen (secondary N) is 1. The van der Waals surface area contributed by atoms with Gasteiger partial charge in [0.15, 0.2) is 0 Å². The van der Waals surface area contributed by atoms with Crippen molar-refractivity contribution in [3.8, 4) is 0 Å². The predicted octanol–water partition coefficient (Wildman–Crippen LogP) is 4.09. The number of hydrogen-bond donors (Lipinski definition) is 2. The van der Waals surface area contributed by atoms with Gasteiger partial charge >= 0.3 is 0 Å². The maximum Gasteiger partial charge on any atom is 0.0945 e. The maximum absolute atomic E-state index is 9.88. The smallest absolute Gasteiger partial charge is 0.0945 e. The van der Waals surface area contributed by atoms with Gasteiger partial charge in [-0.05, 0) is 35.9 Å². The number of ether oxygens (including phenoxy) is 1. The lowest BCUT2D eigenvalue weighted by atomic mass is 10.2. The van der Waals surface area contributed by atoms with Crippen LogP contribution in [-0.2, 0) is 11.3 Å². The van der Waals surface area contributed by atoms with Gasteiger partial charge in [-0.3, -0.25) is 0 Å². The Bertz CT molecular complexity index is 562. The third kappa shape index (κ3) is 6.06. The van der Waals surface area contributed by atoms with Gasteiger partial charge in [0, 0.05) is 21.7 Å². The lowest BCUT2D eigenvalue weighted by Crippen LogP contribution is -2.24. The highest BCUT2D eigenvalue weighted by atomic mass is 79.9. The van der Waals surface area contributed by atoms with Gasteiger partial charge in [0.2, 0.25) is 0 Å². The predicted molar refractivity (Wildman–Crippen MR) is 89.7 cm³/mol. The van der Waals surface area contributed by atoms with Crippen LogP contribution in [0.4, 0.5) is 5.69 Å². The highest BCUT2D eigenvalue weighted by molar-refractivity contribution is 9.10. The molecule has 0 aromatic heterocycles. The molecule has 21 heavy (non-hydrogen) atoms. The van der Waals surface area contributed by atoms with E-state index in [1.807, 2.05) is 48.5 Å². The number of aliphatic hydroxyl groups excluding tert-OH is 1. The molecule has 1 atom stereocenters. The summed E-state index contributed by atoms with van der Waals surface area (Å²) in [5, 5.41) is 13.8. The molecule has 1 unspecified atom stereocenters. The summed E-state index contributed by atoms with van der Waals surface area (Å²) in [5.74, 6) is 0. The Morgan fingerprint density at radius 1 is 1.19 bits per heavy atom. The first kappa shape index (κ1) is 16.3. The van der Waals surface area contributed by atoms with Crippen molar-refractivity contribution in [2.24, 2.45) is 0 Å². The second-order valence-electron chi connectivity index (χ2n) is 4.69. The van der Waals surface area contributed by atoms with Crippen molar-refractivity contribution < 1.29 is 9.84 Å². The maximum atomic E-state index is 9.88. The summed E-state index contributed by atoms with van der Waals surface area (Å²) in [6, 6.07) is 15.3. The Labute approximate surface area is 138 Å². The third-order valence-corrected chi connectivity index (χ3v) is 3.60. The second kappa shape index (κ2) is 8.39. The monoisotopic (exact) mass is 369 g/mol. The van der Waals surface area contributed by atoms with Crippen LogP contribution in [0.1, 0.15) is 5.56 Å². The van der Waals surface area contributed by atoms with Gasteiger partial charge in [-0.2, -0.15) is 0 Å². The summed E-state index contributed by atoms with van der Waals surface area (Å²) in [6.45, 7) is 1.19. The zero-order valence-corrected chi connectivity index (χ0v) is 13.8. The average Bonchev–Trinajstić information content (AvgIpc) is 2.47. The minimum absolute atomic E-state index is 0.281. The summed E-state index contributed by atoms with van der Waals surface area (Å²) in [6.07, 6.45) is -0.559. The molecule has 2 aromatic carbocycles. The van der Waals surface area contributed by atoms with Gasteiger partial charge in [0.1, 0.15) is 0 Å². The molecular weight excluding hydrogens is 354 g/mol. The average molecular weight is 371 g/mol. The normalized spacial score (nSPS) is 12.1. The highest BCUT2D eigenvalue weighted by Gasteiger charge is 2.04. The highest BCUT2D eigenvalue weighted by Crippen LogP contribution is 2.15. The van der Waals surface area contributed by atoms with Crippen LogP contribution < -0.4 is 5.32 Å². The molecule has 2 N–H and O–H groups in total. The Balaban J connectivity index is 1.67. The van der Waals surface area contributed by atoms with E-state index in [1.54, 1.807) is 0 Å². The van der Waals surface area contributed by atoms with E-state index in [0.717, 1.165) is 15.7 Å². The minimum Gasteiger partial charge on any atom is -0.389 e. The Kier molecular flexibility index (Phi) is 6.51. The molecule has 2 aromatic rings. The van der Waals surface area contributed by atoms with Crippen LogP contribution in [0.3, 0.4) is 0 Å². The standard InChI is InChI=1S/C16H17BrClNO2/c17-13-2-1-3-15(8-13)19-9-16(20)11-21-10-12-4-6-14(18)7-5-12/h1-8,16,19-20H,9-11H2. The Morgan fingerprint density at radius 2 is 1.95 bits per heavy atom. The fraction of sp³-hybridized carbons (Fsp3) is 0.250. The fourth-order valence-electron chi connectivity index (χ4n) is 1.79. The van der Waals surface area contributed by atoms with Crippen LogP contribution in [-0.4, -0.2) is 24.4 Å². The SMILES string of the molecule is OC(CNc1cccc(Br)c1)COCc1ccc(Cl)cc1. The topological polar surface area (TPSA) is 41.5 Å². The van der Waals surface area contributed by atoms with E-state index < -0.39 is 6.10 Å². The van der Waals surface area contributed by atoms with Crippen molar-refractivity contribution in [3.05, 3.63) is 63.6 Å². The fourth-order valence-corrected chi connectivity index (χ4v) is 2.31. The van der Waals surface area contributed by atoms with Crippen LogP contribution in [0.5, 0.6) is 0 Å². The minimum atomic E-state index is -0.559. The largest absolute Gasteiger partial charge is 0.389 e. The lowest BCUT2D eigenvalue weighted by Gasteiger charge is -2.13. The number of anilines is 1. The van der Waals surface area contributed by atoms with Crippen LogP contribution in [0, 0.1) is 0 Å². The molecule has 3 nitrogen and oxygen atoms in total. The molecule has 0 spiro atoms. The van der Waals surface area contributed by atoms with Crippen molar-refractivity contribution in [1.82, 2.24) is 0 Å². The molecule has 0 aliphatic heterocycles.